The van der Waals surface area contributed by atoms with Gasteiger partial charge in [0.25, 0.3) is 5.91 Å². The van der Waals surface area contributed by atoms with Crippen molar-refractivity contribution in [2.45, 2.75) is 46.3 Å². The molecule has 3 aromatic rings. The van der Waals surface area contributed by atoms with Crippen LogP contribution in [0.25, 0.3) is 11.3 Å². The molecule has 0 bridgehead atoms. The number of rotatable bonds is 4. The molecule has 0 radical (unpaired) electrons. The number of aryl methyl sites for hydroxylation is 1. The molecule has 1 aliphatic rings. The van der Waals surface area contributed by atoms with Crippen LogP contribution >= 0.6 is 0 Å². The van der Waals surface area contributed by atoms with Crippen LogP contribution in [-0.2, 0) is 13.1 Å². The number of benzene rings is 1. The molecule has 164 valence electrons. The van der Waals surface area contributed by atoms with Gasteiger partial charge in [0.05, 0.1) is 12.2 Å². The predicted molar refractivity (Wildman–Crippen MR) is 121 cm³/mol. The summed E-state index contributed by atoms with van der Waals surface area (Å²) in [5, 5.41) is 7.47. The van der Waals surface area contributed by atoms with Gasteiger partial charge in [0, 0.05) is 50.0 Å². The number of fused-ring (bicyclic) bond motifs is 1. The zero-order chi connectivity index (χ0) is 22.3. The van der Waals surface area contributed by atoms with E-state index in [1.165, 1.54) is 0 Å². The van der Waals surface area contributed by atoms with Gasteiger partial charge in [0.2, 0.25) is 5.76 Å². The molecule has 0 saturated carbocycles. The molecule has 4 rings (SSSR count). The van der Waals surface area contributed by atoms with Crippen molar-refractivity contribution in [2.24, 2.45) is 0 Å². The Morgan fingerprint density at radius 2 is 1.87 bits per heavy atom. The average Bonchev–Trinajstić information content (AvgIpc) is 3.30. The number of amides is 1. The van der Waals surface area contributed by atoms with Crippen LogP contribution in [0.1, 0.15) is 42.8 Å². The second kappa shape index (κ2) is 7.76. The number of carbonyl (C=O) groups excluding carboxylic acids is 1. The first-order chi connectivity index (χ1) is 14.6. The zero-order valence-corrected chi connectivity index (χ0v) is 19.1. The average molecular weight is 423 g/mol. The van der Waals surface area contributed by atoms with Gasteiger partial charge >= 0.3 is 0 Å². The summed E-state index contributed by atoms with van der Waals surface area (Å²) in [6.07, 6.45) is 0. The van der Waals surface area contributed by atoms with Crippen LogP contribution in [0.3, 0.4) is 0 Å². The third-order valence-electron chi connectivity index (χ3n) is 5.25. The Labute approximate surface area is 182 Å². The van der Waals surface area contributed by atoms with Crippen molar-refractivity contribution in [3.63, 3.8) is 0 Å². The molecule has 0 saturated heterocycles. The molecule has 0 spiro atoms. The molecule has 0 aliphatic carbocycles. The van der Waals surface area contributed by atoms with Crippen LogP contribution < -0.4 is 10.2 Å². The number of nitrogens with zero attached hydrogens (tertiary/aromatic N) is 5. The van der Waals surface area contributed by atoms with Crippen molar-refractivity contribution in [2.75, 3.05) is 30.9 Å². The minimum Gasteiger partial charge on any atom is -0.378 e. The normalized spacial score (nSPS) is 13.8. The number of hydrogen-bond donors (Lipinski definition) is 1. The number of hydrogen-bond acceptors (Lipinski definition) is 6. The summed E-state index contributed by atoms with van der Waals surface area (Å²) >= 11 is 0. The first kappa shape index (κ1) is 21.0. The zero-order valence-electron chi connectivity index (χ0n) is 19.1. The number of imidazole rings is 1. The summed E-state index contributed by atoms with van der Waals surface area (Å²) in [7, 11) is 4.05. The van der Waals surface area contributed by atoms with Crippen molar-refractivity contribution < 1.29 is 9.32 Å². The van der Waals surface area contributed by atoms with Gasteiger partial charge in [-0.3, -0.25) is 4.79 Å². The van der Waals surface area contributed by atoms with Crippen LogP contribution in [0.4, 0.5) is 11.5 Å². The van der Waals surface area contributed by atoms with E-state index in [4.69, 9.17) is 9.51 Å². The fourth-order valence-corrected chi connectivity index (χ4v) is 3.73. The van der Waals surface area contributed by atoms with Gasteiger partial charge < -0.3 is 24.2 Å². The standard InChI is InChI=1S/C23H30N6O2/c1-15-13-18(31-26-15)22(30)28-11-12-29-19(14-28)24-20(21(29)25-23(2,3)4)16-7-9-17(10-8-16)27(5)6/h7-10,13,25H,11-12,14H2,1-6H3. The van der Waals surface area contributed by atoms with Crippen molar-refractivity contribution in [1.82, 2.24) is 19.6 Å². The van der Waals surface area contributed by atoms with E-state index in [1.54, 1.807) is 11.0 Å². The Balaban J connectivity index is 1.69. The van der Waals surface area contributed by atoms with Gasteiger partial charge in [-0.2, -0.15) is 0 Å². The SMILES string of the molecule is Cc1cc(C(=O)N2CCn3c(nc(-c4ccc(N(C)C)cc4)c3NC(C)(C)C)C2)on1. The van der Waals surface area contributed by atoms with Gasteiger partial charge in [0.15, 0.2) is 0 Å². The summed E-state index contributed by atoms with van der Waals surface area (Å²) in [6, 6.07) is 10.1. The second-order valence-corrected chi connectivity index (χ2v) is 9.25. The van der Waals surface area contributed by atoms with E-state index in [0.29, 0.717) is 25.3 Å². The van der Waals surface area contributed by atoms with Crippen molar-refractivity contribution in [3.05, 3.63) is 47.6 Å². The van der Waals surface area contributed by atoms with E-state index in [2.05, 4.69) is 65.0 Å². The lowest BCUT2D eigenvalue weighted by Crippen LogP contribution is -2.39. The van der Waals surface area contributed by atoms with Gasteiger partial charge in [-0.1, -0.05) is 17.3 Å². The number of nitrogens with one attached hydrogen (secondary N) is 1. The summed E-state index contributed by atoms with van der Waals surface area (Å²) in [4.78, 5) is 21.6. The molecule has 1 amide bonds. The van der Waals surface area contributed by atoms with E-state index in [1.807, 2.05) is 21.0 Å². The molecule has 1 aromatic carbocycles. The molecule has 31 heavy (non-hydrogen) atoms. The summed E-state index contributed by atoms with van der Waals surface area (Å²) in [5.41, 5.74) is 3.65. The molecule has 1 aliphatic heterocycles. The molecular formula is C23H30N6O2. The highest BCUT2D eigenvalue weighted by atomic mass is 16.5. The molecule has 0 atom stereocenters. The highest BCUT2D eigenvalue weighted by Crippen LogP contribution is 2.34. The molecule has 0 unspecified atom stereocenters. The van der Waals surface area contributed by atoms with Crippen LogP contribution in [0.5, 0.6) is 0 Å². The van der Waals surface area contributed by atoms with E-state index in [9.17, 15) is 4.79 Å². The fourth-order valence-electron chi connectivity index (χ4n) is 3.73. The molecule has 1 N–H and O–H groups in total. The quantitative estimate of drug-likeness (QED) is 0.689. The first-order valence-electron chi connectivity index (χ1n) is 10.5. The minimum atomic E-state index is -0.155. The number of aromatic nitrogens is 3. The molecule has 2 aromatic heterocycles. The van der Waals surface area contributed by atoms with Gasteiger partial charge in [0.1, 0.15) is 17.3 Å². The molecule has 8 heteroatoms. The van der Waals surface area contributed by atoms with Crippen LogP contribution in [-0.4, -0.2) is 51.7 Å². The first-order valence-corrected chi connectivity index (χ1v) is 10.5. The molecular weight excluding hydrogens is 392 g/mol. The summed E-state index contributed by atoms with van der Waals surface area (Å²) in [6.45, 7) is 9.88. The highest BCUT2D eigenvalue weighted by Gasteiger charge is 2.30. The van der Waals surface area contributed by atoms with E-state index in [-0.39, 0.29) is 17.2 Å². The maximum atomic E-state index is 12.8. The Morgan fingerprint density at radius 3 is 2.45 bits per heavy atom. The third kappa shape index (κ3) is 4.28. The number of carbonyl (C=O) groups is 1. The summed E-state index contributed by atoms with van der Waals surface area (Å²) in [5.74, 6) is 1.96. The van der Waals surface area contributed by atoms with Gasteiger partial charge in [-0.05, 0) is 39.8 Å². The van der Waals surface area contributed by atoms with Crippen LogP contribution in [0.2, 0.25) is 0 Å². The topological polar surface area (TPSA) is 79.4 Å². The Morgan fingerprint density at radius 1 is 1.16 bits per heavy atom. The van der Waals surface area contributed by atoms with E-state index >= 15 is 0 Å². The van der Waals surface area contributed by atoms with E-state index < -0.39 is 0 Å². The van der Waals surface area contributed by atoms with Crippen molar-refractivity contribution >= 4 is 17.4 Å². The molecule has 8 nitrogen and oxygen atoms in total. The lowest BCUT2D eigenvalue weighted by Gasteiger charge is -2.30. The maximum absolute atomic E-state index is 12.8. The third-order valence-corrected chi connectivity index (χ3v) is 5.25. The largest absolute Gasteiger partial charge is 0.378 e. The van der Waals surface area contributed by atoms with Gasteiger partial charge in [-0.15, -0.1) is 0 Å². The lowest BCUT2D eigenvalue weighted by molar-refractivity contribution is 0.0665. The van der Waals surface area contributed by atoms with Crippen LogP contribution in [0.15, 0.2) is 34.9 Å². The van der Waals surface area contributed by atoms with Gasteiger partial charge in [-0.25, -0.2) is 4.98 Å². The monoisotopic (exact) mass is 422 g/mol. The van der Waals surface area contributed by atoms with Crippen molar-refractivity contribution in [1.29, 1.82) is 0 Å². The predicted octanol–water partition coefficient (Wildman–Crippen LogP) is 3.78. The second-order valence-electron chi connectivity index (χ2n) is 9.25. The Hall–Kier alpha value is -3.29. The number of anilines is 2. The maximum Gasteiger partial charge on any atom is 0.292 e. The molecule has 0 fully saturated rings. The minimum absolute atomic E-state index is 0.126. The van der Waals surface area contributed by atoms with E-state index in [0.717, 1.165) is 28.6 Å². The lowest BCUT2D eigenvalue weighted by atomic mass is 10.1. The van der Waals surface area contributed by atoms with Crippen LogP contribution in [0, 0.1) is 6.92 Å². The highest BCUT2D eigenvalue weighted by molar-refractivity contribution is 5.91. The Kier molecular flexibility index (Phi) is 5.24. The smallest absolute Gasteiger partial charge is 0.292 e. The summed E-state index contributed by atoms with van der Waals surface area (Å²) < 4.78 is 7.37. The fraction of sp³-hybridized carbons (Fsp3) is 0.435. The van der Waals surface area contributed by atoms with Crippen molar-refractivity contribution in [3.8, 4) is 11.3 Å². The Bertz CT molecular complexity index is 1090. The molecule has 3 heterocycles.